The Morgan fingerprint density at radius 2 is 2.06 bits per heavy atom. The Bertz CT molecular complexity index is 1230. The number of amides is 1. The molecule has 0 bridgehead atoms. The van der Waals surface area contributed by atoms with Gasteiger partial charge in [-0.25, -0.2) is 4.98 Å². The Morgan fingerprint density at radius 1 is 1.23 bits per heavy atom. The van der Waals surface area contributed by atoms with Crippen molar-refractivity contribution in [3.63, 3.8) is 0 Å². The van der Waals surface area contributed by atoms with Crippen molar-refractivity contribution in [1.29, 1.82) is 0 Å². The number of carbonyl (C=O) groups excluding carboxylic acids is 1. The van der Waals surface area contributed by atoms with Gasteiger partial charge in [-0.15, -0.1) is 11.3 Å². The first-order valence-corrected chi connectivity index (χ1v) is 11.1. The number of nitrogens with one attached hydrogen (secondary N) is 3. The molecule has 2 aromatic carbocycles. The second-order valence-corrected chi connectivity index (χ2v) is 8.86. The first-order valence-electron chi connectivity index (χ1n) is 10.3. The third-order valence-corrected chi connectivity index (χ3v) is 6.48. The van der Waals surface area contributed by atoms with E-state index in [-0.39, 0.29) is 11.9 Å². The molecule has 7 heteroatoms. The molecule has 31 heavy (non-hydrogen) atoms. The molecule has 4 rings (SSSR count). The van der Waals surface area contributed by atoms with Crippen molar-refractivity contribution >= 4 is 28.3 Å². The first kappa shape index (κ1) is 21.2. The van der Waals surface area contributed by atoms with E-state index in [4.69, 9.17) is 5.73 Å². The number of fused-ring (bicyclic) bond motifs is 1. The Kier molecular flexibility index (Phi) is 6.18. The van der Waals surface area contributed by atoms with Crippen LogP contribution in [0.2, 0.25) is 0 Å². The number of hydrogen-bond acceptors (Lipinski definition) is 5. The number of carbonyl (C=O) groups is 1. The van der Waals surface area contributed by atoms with Crippen LogP contribution < -0.4 is 16.4 Å². The molecule has 2 aromatic heterocycles. The molecule has 2 heterocycles. The van der Waals surface area contributed by atoms with Gasteiger partial charge in [-0.1, -0.05) is 18.2 Å². The van der Waals surface area contributed by atoms with Gasteiger partial charge in [-0.2, -0.15) is 0 Å². The molecule has 4 aromatic rings. The van der Waals surface area contributed by atoms with Gasteiger partial charge in [-0.05, 0) is 67.9 Å². The minimum atomic E-state index is -0.127. The zero-order valence-corrected chi connectivity index (χ0v) is 18.8. The van der Waals surface area contributed by atoms with Crippen LogP contribution in [0, 0.1) is 6.92 Å². The molecular formula is C24H27N5OS. The van der Waals surface area contributed by atoms with Crippen LogP contribution in [0.3, 0.4) is 0 Å². The Morgan fingerprint density at radius 3 is 2.84 bits per heavy atom. The molecule has 0 spiro atoms. The summed E-state index contributed by atoms with van der Waals surface area (Å²) in [4.78, 5) is 23.2. The molecule has 0 aliphatic carbocycles. The van der Waals surface area contributed by atoms with Gasteiger partial charge in [0.15, 0.2) is 0 Å². The van der Waals surface area contributed by atoms with E-state index in [0.29, 0.717) is 17.9 Å². The summed E-state index contributed by atoms with van der Waals surface area (Å²) < 4.78 is 0. The fourth-order valence-electron chi connectivity index (χ4n) is 3.68. The Labute approximate surface area is 185 Å². The number of aryl methyl sites for hydroxylation is 1. The highest BCUT2D eigenvalue weighted by atomic mass is 32.1. The second kappa shape index (κ2) is 9.01. The van der Waals surface area contributed by atoms with Crippen molar-refractivity contribution in [2.24, 2.45) is 5.73 Å². The van der Waals surface area contributed by atoms with E-state index in [1.54, 1.807) is 11.3 Å². The normalized spacial score (nSPS) is 12.3. The lowest BCUT2D eigenvalue weighted by Gasteiger charge is -2.16. The SMILES string of the molecule is CNCc1ccc(-c2cccc([C@@H](C)NC(=O)c3cc4nc(CN)[nH]c4cc3C)c2)s1. The van der Waals surface area contributed by atoms with Crippen LogP contribution in [0.15, 0.2) is 48.5 Å². The third-order valence-electron chi connectivity index (χ3n) is 5.35. The Hall–Kier alpha value is -3.00. The minimum Gasteiger partial charge on any atom is -0.346 e. The number of thiophene rings is 1. The van der Waals surface area contributed by atoms with Crippen molar-refractivity contribution in [2.45, 2.75) is 33.0 Å². The number of H-pyrrole nitrogens is 1. The minimum absolute atomic E-state index is 0.109. The average Bonchev–Trinajstić information content (AvgIpc) is 3.39. The zero-order chi connectivity index (χ0) is 22.0. The van der Waals surface area contributed by atoms with Gasteiger partial charge in [0.2, 0.25) is 0 Å². The van der Waals surface area contributed by atoms with Gasteiger partial charge >= 0.3 is 0 Å². The van der Waals surface area contributed by atoms with Crippen LogP contribution in [-0.2, 0) is 13.1 Å². The topological polar surface area (TPSA) is 95.8 Å². The molecule has 5 N–H and O–H groups in total. The van der Waals surface area contributed by atoms with Crippen molar-refractivity contribution in [2.75, 3.05) is 7.05 Å². The smallest absolute Gasteiger partial charge is 0.252 e. The molecule has 160 valence electrons. The largest absolute Gasteiger partial charge is 0.346 e. The predicted octanol–water partition coefficient (Wildman–Crippen LogP) is 4.27. The highest BCUT2D eigenvalue weighted by Gasteiger charge is 2.16. The molecule has 0 aliphatic rings. The fraction of sp³-hybridized carbons (Fsp3) is 0.250. The molecule has 0 radical (unpaired) electrons. The highest BCUT2D eigenvalue weighted by molar-refractivity contribution is 7.15. The van der Waals surface area contributed by atoms with Crippen molar-refractivity contribution in [3.8, 4) is 10.4 Å². The number of benzene rings is 2. The van der Waals surface area contributed by atoms with E-state index >= 15 is 0 Å². The standard InChI is InChI=1S/C24H27N5OS/c1-14-9-20-21(29-23(12-25)28-20)11-19(14)24(30)27-15(2)16-5-4-6-17(10-16)22-8-7-18(31-22)13-26-3/h4-11,15,26H,12-13,25H2,1-3H3,(H,27,30)(H,28,29)/t15-/m1/s1. The van der Waals surface area contributed by atoms with Gasteiger partial charge in [0.05, 0.1) is 23.6 Å². The molecule has 0 saturated carbocycles. The molecule has 6 nitrogen and oxygen atoms in total. The van der Waals surface area contributed by atoms with Crippen LogP contribution in [0.1, 0.15) is 45.2 Å². The van der Waals surface area contributed by atoms with Crippen molar-refractivity contribution < 1.29 is 4.79 Å². The molecule has 1 atom stereocenters. The van der Waals surface area contributed by atoms with Gasteiger partial charge in [0.1, 0.15) is 5.82 Å². The predicted molar refractivity (Wildman–Crippen MR) is 127 cm³/mol. The van der Waals surface area contributed by atoms with E-state index in [1.807, 2.05) is 45.2 Å². The monoisotopic (exact) mass is 433 g/mol. The van der Waals surface area contributed by atoms with Crippen LogP contribution >= 0.6 is 11.3 Å². The molecular weight excluding hydrogens is 406 g/mol. The van der Waals surface area contributed by atoms with E-state index in [9.17, 15) is 4.79 Å². The van der Waals surface area contributed by atoms with E-state index in [1.165, 1.54) is 9.75 Å². The van der Waals surface area contributed by atoms with Crippen LogP contribution in [0.5, 0.6) is 0 Å². The summed E-state index contributed by atoms with van der Waals surface area (Å²) in [5, 5.41) is 6.32. The van der Waals surface area contributed by atoms with E-state index in [2.05, 4.69) is 44.9 Å². The lowest BCUT2D eigenvalue weighted by molar-refractivity contribution is 0.0939. The number of imidazole rings is 1. The quantitative estimate of drug-likeness (QED) is 0.350. The van der Waals surface area contributed by atoms with Gasteiger partial charge in [0.25, 0.3) is 5.91 Å². The maximum atomic E-state index is 13.0. The summed E-state index contributed by atoms with van der Waals surface area (Å²) >= 11 is 1.78. The van der Waals surface area contributed by atoms with Gasteiger partial charge in [-0.3, -0.25) is 4.79 Å². The fourth-order valence-corrected chi connectivity index (χ4v) is 4.70. The number of rotatable bonds is 7. The number of hydrogen-bond donors (Lipinski definition) is 4. The zero-order valence-electron chi connectivity index (χ0n) is 18.0. The summed E-state index contributed by atoms with van der Waals surface area (Å²) in [5.41, 5.74) is 11.1. The van der Waals surface area contributed by atoms with E-state index in [0.717, 1.165) is 34.3 Å². The van der Waals surface area contributed by atoms with Crippen LogP contribution in [0.4, 0.5) is 0 Å². The first-order chi connectivity index (χ1) is 15.0. The average molecular weight is 434 g/mol. The van der Waals surface area contributed by atoms with Crippen molar-refractivity contribution in [3.05, 3.63) is 75.9 Å². The summed E-state index contributed by atoms with van der Waals surface area (Å²) in [5.74, 6) is 0.602. The number of nitrogens with two attached hydrogens (primary N) is 1. The molecule has 1 amide bonds. The van der Waals surface area contributed by atoms with Crippen molar-refractivity contribution in [1.82, 2.24) is 20.6 Å². The lowest BCUT2D eigenvalue weighted by Crippen LogP contribution is -2.27. The van der Waals surface area contributed by atoms with Gasteiger partial charge in [0, 0.05) is 21.9 Å². The van der Waals surface area contributed by atoms with Gasteiger partial charge < -0.3 is 21.4 Å². The lowest BCUT2D eigenvalue weighted by atomic mass is 10.0. The van der Waals surface area contributed by atoms with E-state index < -0.39 is 0 Å². The number of aromatic amines is 1. The summed E-state index contributed by atoms with van der Waals surface area (Å²) in [6.45, 7) is 5.14. The van der Waals surface area contributed by atoms with Crippen LogP contribution in [-0.4, -0.2) is 22.9 Å². The third kappa shape index (κ3) is 4.54. The Balaban J connectivity index is 1.54. The summed E-state index contributed by atoms with van der Waals surface area (Å²) in [6.07, 6.45) is 0. The molecule has 0 aliphatic heterocycles. The molecule has 0 fully saturated rings. The maximum Gasteiger partial charge on any atom is 0.252 e. The van der Waals surface area contributed by atoms with Crippen LogP contribution in [0.25, 0.3) is 21.5 Å². The number of nitrogens with zero attached hydrogens (tertiary/aromatic N) is 1. The molecule has 0 saturated heterocycles. The molecule has 0 unspecified atom stereocenters. The second-order valence-electron chi connectivity index (χ2n) is 7.69. The summed E-state index contributed by atoms with van der Waals surface area (Å²) in [7, 11) is 1.95. The highest BCUT2D eigenvalue weighted by Crippen LogP contribution is 2.30. The number of aromatic nitrogens is 2. The maximum absolute atomic E-state index is 13.0. The summed E-state index contributed by atoms with van der Waals surface area (Å²) in [6, 6.07) is 16.3.